The second-order valence-corrected chi connectivity index (χ2v) is 10.1. The van der Waals surface area contributed by atoms with Crippen molar-refractivity contribution in [2.24, 2.45) is 0 Å². The average Bonchev–Trinajstić information content (AvgIpc) is 2.74. The van der Waals surface area contributed by atoms with E-state index in [1.165, 1.54) is 0 Å². The van der Waals surface area contributed by atoms with Crippen LogP contribution >= 0.6 is 46.4 Å². The van der Waals surface area contributed by atoms with Gasteiger partial charge in [0.05, 0.1) is 14.2 Å². The Bertz CT molecular complexity index is 906. The van der Waals surface area contributed by atoms with Gasteiger partial charge in [-0.2, -0.15) is 0 Å². The minimum Gasteiger partial charge on any atom is -0.497 e. The van der Waals surface area contributed by atoms with Gasteiger partial charge < -0.3 is 9.47 Å². The molecule has 2 aromatic carbocycles. The first-order valence-corrected chi connectivity index (χ1v) is 10.8. The van der Waals surface area contributed by atoms with Crippen LogP contribution in [0, 0.1) is 0 Å². The Hall–Kier alpha value is -1.46. The van der Waals surface area contributed by atoms with Crippen molar-refractivity contribution in [3.63, 3.8) is 0 Å². The molecule has 0 radical (unpaired) electrons. The molecule has 0 fully saturated rings. The van der Waals surface area contributed by atoms with Crippen LogP contribution in [0.15, 0.2) is 36.4 Å². The Balaban J connectivity index is 0.000000171. The lowest BCUT2D eigenvalue weighted by atomic mass is 9.90. The number of Topliss-reactive ketones (excluding diaryl/α,β-unsaturated/α-hetero) is 2. The SMILES string of the molecule is COc1ccc2c(c1)CCC(Cl)(Cl)C2=O.COc1ccc2c(c1)CCC(Cl)(Cl)C2=O. The molecule has 4 nitrogen and oxygen atoms in total. The Morgan fingerprint density at radius 3 is 1.40 bits per heavy atom. The number of halogens is 4. The van der Waals surface area contributed by atoms with E-state index in [4.69, 9.17) is 55.9 Å². The number of carbonyl (C=O) groups is 2. The summed E-state index contributed by atoms with van der Waals surface area (Å²) in [7, 11) is 3.19. The fourth-order valence-electron chi connectivity index (χ4n) is 3.46. The van der Waals surface area contributed by atoms with Crippen LogP contribution in [0.1, 0.15) is 44.7 Å². The van der Waals surface area contributed by atoms with Crippen molar-refractivity contribution < 1.29 is 19.1 Å². The summed E-state index contributed by atoms with van der Waals surface area (Å²) in [6, 6.07) is 10.6. The predicted octanol–water partition coefficient (Wildman–Crippen LogP) is 6.00. The molecule has 4 rings (SSSR count). The molecule has 8 heteroatoms. The van der Waals surface area contributed by atoms with Crippen molar-refractivity contribution in [2.75, 3.05) is 14.2 Å². The topological polar surface area (TPSA) is 52.6 Å². The lowest BCUT2D eigenvalue weighted by molar-refractivity contribution is 0.0953. The fourth-order valence-corrected chi connectivity index (χ4v) is 4.24. The van der Waals surface area contributed by atoms with E-state index in [2.05, 4.69) is 0 Å². The van der Waals surface area contributed by atoms with Gasteiger partial charge in [0.2, 0.25) is 0 Å². The number of aryl methyl sites for hydroxylation is 2. The molecule has 2 aromatic rings. The summed E-state index contributed by atoms with van der Waals surface area (Å²) in [5.74, 6) is 1.07. The maximum Gasteiger partial charge on any atom is 0.199 e. The Labute approximate surface area is 195 Å². The number of hydrogen-bond donors (Lipinski definition) is 0. The number of benzene rings is 2. The van der Waals surface area contributed by atoms with E-state index in [-0.39, 0.29) is 11.6 Å². The molecule has 160 valence electrons. The smallest absolute Gasteiger partial charge is 0.199 e. The first-order chi connectivity index (χ1) is 14.1. The highest BCUT2D eigenvalue weighted by Crippen LogP contribution is 2.39. The molecule has 0 N–H and O–H groups in total. The fraction of sp³-hybridized carbons (Fsp3) is 0.364. The van der Waals surface area contributed by atoms with Gasteiger partial charge in [0.1, 0.15) is 11.5 Å². The molecule has 0 spiro atoms. The van der Waals surface area contributed by atoms with E-state index in [9.17, 15) is 9.59 Å². The van der Waals surface area contributed by atoms with Crippen LogP contribution in [0.5, 0.6) is 11.5 Å². The number of carbonyl (C=O) groups excluding carboxylic acids is 2. The van der Waals surface area contributed by atoms with Gasteiger partial charge in [0.25, 0.3) is 0 Å². The monoisotopic (exact) mass is 488 g/mol. The predicted molar refractivity (Wildman–Crippen MR) is 120 cm³/mol. The van der Waals surface area contributed by atoms with Gasteiger partial charge in [0, 0.05) is 11.1 Å². The summed E-state index contributed by atoms with van der Waals surface area (Å²) in [5, 5.41) is 0. The second-order valence-electron chi connectivity index (χ2n) is 7.11. The number of fused-ring (bicyclic) bond motifs is 2. The van der Waals surface area contributed by atoms with Crippen molar-refractivity contribution in [3.05, 3.63) is 58.7 Å². The Kier molecular flexibility index (Phi) is 6.93. The van der Waals surface area contributed by atoms with Crippen LogP contribution in [0.2, 0.25) is 0 Å². The molecule has 2 aliphatic carbocycles. The van der Waals surface area contributed by atoms with E-state index in [1.54, 1.807) is 38.5 Å². The molecule has 0 bridgehead atoms. The minimum atomic E-state index is -1.26. The molecular formula is C22H20Cl4O4. The van der Waals surface area contributed by atoms with Gasteiger partial charge in [0.15, 0.2) is 20.2 Å². The van der Waals surface area contributed by atoms with E-state index < -0.39 is 8.67 Å². The zero-order chi connectivity index (χ0) is 22.1. The standard InChI is InChI=1S/2C11H10Cl2O2/c2*1-15-8-2-3-9-7(6-8)4-5-11(12,13)10(9)14/h2*2-3,6H,4-5H2,1H3. The maximum absolute atomic E-state index is 11.8. The van der Waals surface area contributed by atoms with Gasteiger partial charge in [-0.25, -0.2) is 0 Å². The first kappa shape index (κ1) is 23.2. The molecule has 0 aliphatic heterocycles. The highest BCUT2D eigenvalue weighted by Gasteiger charge is 2.39. The lowest BCUT2D eigenvalue weighted by Crippen LogP contribution is -2.31. The van der Waals surface area contributed by atoms with E-state index in [1.807, 2.05) is 12.1 Å². The number of hydrogen-bond acceptors (Lipinski definition) is 4. The average molecular weight is 490 g/mol. The molecule has 0 unspecified atom stereocenters. The van der Waals surface area contributed by atoms with Gasteiger partial charge in [-0.15, -0.1) is 0 Å². The van der Waals surface area contributed by atoms with Crippen molar-refractivity contribution >= 4 is 58.0 Å². The highest BCUT2D eigenvalue weighted by molar-refractivity contribution is 6.60. The second kappa shape index (κ2) is 8.96. The normalized spacial score (nSPS) is 18.5. The van der Waals surface area contributed by atoms with Crippen LogP contribution in [0.4, 0.5) is 0 Å². The molecule has 0 saturated carbocycles. The highest BCUT2D eigenvalue weighted by atomic mass is 35.5. The van der Waals surface area contributed by atoms with Gasteiger partial charge >= 0.3 is 0 Å². The van der Waals surface area contributed by atoms with Crippen LogP contribution in [0.25, 0.3) is 0 Å². The Morgan fingerprint density at radius 1 is 0.700 bits per heavy atom. The molecule has 2 aliphatic rings. The largest absolute Gasteiger partial charge is 0.497 e. The maximum atomic E-state index is 11.8. The minimum absolute atomic E-state index is 0.213. The summed E-state index contributed by atoms with van der Waals surface area (Å²) in [5.41, 5.74) is 3.12. The van der Waals surface area contributed by atoms with E-state index >= 15 is 0 Å². The molecule has 0 heterocycles. The molecule has 0 aromatic heterocycles. The van der Waals surface area contributed by atoms with Crippen LogP contribution in [-0.4, -0.2) is 34.5 Å². The van der Waals surface area contributed by atoms with Gasteiger partial charge in [-0.3, -0.25) is 9.59 Å². The third-order valence-electron chi connectivity index (χ3n) is 5.20. The van der Waals surface area contributed by atoms with E-state index in [0.29, 0.717) is 36.8 Å². The first-order valence-electron chi connectivity index (χ1n) is 9.28. The molecule has 30 heavy (non-hydrogen) atoms. The number of methoxy groups -OCH3 is 2. The molecule has 0 atom stereocenters. The quantitative estimate of drug-likeness (QED) is 0.485. The molecular weight excluding hydrogens is 470 g/mol. The number of ether oxygens (including phenoxy) is 2. The number of ketones is 2. The van der Waals surface area contributed by atoms with Gasteiger partial charge in [-0.1, -0.05) is 46.4 Å². The third-order valence-corrected chi connectivity index (χ3v) is 6.64. The lowest BCUT2D eigenvalue weighted by Gasteiger charge is -2.25. The number of rotatable bonds is 2. The summed E-state index contributed by atoms with van der Waals surface area (Å²) in [4.78, 5) is 23.7. The zero-order valence-electron chi connectivity index (χ0n) is 16.4. The Morgan fingerprint density at radius 2 is 1.07 bits per heavy atom. The van der Waals surface area contributed by atoms with Gasteiger partial charge in [-0.05, 0) is 73.2 Å². The number of alkyl halides is 4. The van der Waals surface area contributed by atoms with E-state index in [0.717, 1.165) is 22.6 Å². The summed E-state index contributed by atoms with van der Waals surface area (Å²) >= 11 is 23.6. The van der Waals surface area contributed by atoms with Crippen molar-refractivity contribution in [2.45, 2.75) is 34.3 Å². The van der Waals surface area contributed by atoms with Crippen LogP contribution in [-0.2, 0) is 12.8 Å². The molecule has 0 saturated heterocycles. The summed E-state index contributed by atoms with van der Waals surface area (Å²) < 4.78 is 7.66. The van der Waals surface area contributed by atoms with Crippen molar-refractivity contribution in [1.29, 1.82) is 0 Å². The van der Waals surface area contributed by atoms with Crippen LogP contribution < -0.4 is 9.47 Å². The summed E-state index contributed by atoms with van der Waals surface area (Å²) in [6.45, 7) is 0. The third kappa shape index (κ3) is 4.72. The van der Waals surface area contributed by atoms with Crippen molar-refractivity contribution in [1.82, 2.24) is 0 Å². The molecule has 0 amide bonds. The summed E-state index contributed by atoms with van der Waals surface area (Å²) in [6.07, 6.45) is 2.31. The zero-order valence-corrected chi connectivity index (χ0v) is 19.5. The van der Waals surface area contributed by atoms with Crippen LogP contribution in [0.3, 0.4) is 0 Å². The van der Waals surface area contributed by atoms with Crippen molar-refractivity contribution in [3.8, 4) is 11.5 Å².